The molecule has 20 heavy (non-hydrogen) atoms. The fourth-order valence-electron chi connectivity index (χ4n) is 1.80. The summed E-state index contributed by atoms with van der Waals surface area (Å²) in [6.45, 7) is 0. The zero-order chi connectivity index (χ0) is 13.9. The molecular weight excluding hydrogens is 308 g/mol. The van der Waals surface area contributed by atoms with Gasteiger partial charge in [-0.3, -0.25) is 4.99 Å². The van der Waals surface area contributed by atoms with Crippen LogP contribution in [0.25, 0.3) is 10.2 Å². The largest absolute Gasteiger partial charge is 0.256 e. The Bertz CT molecular complexity index is 780. The number of rotatable bonds is 3. The van der Waals surface area contributed by atoms with Crippen molar-refractivity contribution >= 4 is 56.8 Å². The summed E-state index contributed by atoms with van der Waals surface area (Å²) < 4.78 is 2.24. The number of benzene rings is 2. The molecule has 0 aliphatic rings. The highest BCUT2D eigenvalue weighted by molar-refractivity contribution is 8.00. The number of nitrogens with zero attached hydrogens (tertiary/aromatic N) is 2. The van der Waals surface area contributed by atoms with Gasteiger partial charge in [-0.2, -0.15) is 0 Å². The molecule has 0 fully saturated rings. The van der Waals surface area contributed by atoms with Gasteiger partial charge in [0.2, 0.25) is 0 Å². The van der Waals surface area contributed by atoms with Crippen LogP contribution < -0.4 is 0 Å². The molecule has 0 radical (unpaired) electrons. The van der Waals surface area contributed by atoms with Crippen LogP contribution in [0.15, 0.2) is 51.8 Å². The molecule has 100 valence electrons. The second kappa shape index (κ2) is 5.95. The van der Waals surface area contributed by atoms with Crippen LogP contribution in [0.1, 0.15) is 5.56 Å². The van der Waals surface area contributed by atoms with Gasteiger partial charge < -0.3 is 0 Å². The summed E-state index contributed by atoms with van der Waals surface area (Å²) in [5.41, 5.74) is 2.95. The Hall–Kier alpha value is -1.36. The van der Waals surface area contributed by atoms with E-state index in [1.54, 1.807) is 23.1 Å². The second-order valence-corrected chi connectivity index (χ2v) is 6.67. The number of aromatic nitrogens is 1. The zero-order valence-electron chi connectivity index (χ0n) is 10.7. The van der Waals surface area contributed by atoms with Crippen LogP contribution in [0.4, 0.5) is 5.69 Å². The highest BCUT2D eigenvalue weighted by atomic mass is 35.5. The average Bonchev–Trinajstić information content (AvgIpc) is 2.87. The summed E-state index contributed by atoms with van der Waals surface area (Å²) in [5.74, 6) is 0. The molecule has 2 aromatic carbocycles. The molecule has 3 aromatic rings. The normalized spacial score (nSPS) is 11.5. The van der Waals surface area contributed by atoms with Crippen LogP contribution in [-0.2, 0) is 0 Å². The molecule has 3 rings (SSSR count). The highest BCUT2D eigenvalue weighted by Crippen LogP contribution is 2.30. The van der Waals surface area contributed by atoms with Gasteiger partial charge in [-0.1, -0.05) is 35.5 Å². The van der Waals surface area contributed by atoms with Crippen molar-refractivity contribution in [2.45, 2.75) is 4.34 Å². The summed E-state index contributed by atoms with van der Waals surface area (Å²) in [5, 5.41) is 0.719. The third-order valence-corrected chi connectivity index (χ3v) is 4.98. The van der Waals surface area contributed by atoms with Gasteiger partial charge in [0.05, 0.1) is 15.9 Å². The van der Waals surface area contributed by atoms with Gasteiger partial charge in [0, 0.05) is 11.2 Å². The predicted octanol–water partition coefficient (Wildman–Crippen LogP) is 5.42. The minimum atomic E-state index is 0.719. The molecule has 0 saturated carbocycles. The van der Waals surface area contributed by atoms with Crippen molar-refractivity contribution in [2.24, 2.45) is 4.99 Å². The molecule has 1 aromatic heterocycles. The van der Waals surface area contributed by atoms with E-state index in [4.69, 9.17) is 11.6 Å². The lowest BCUT2D eigenvalue weighted by Gasteiger charge is -1.95. The Morgan fingerprint density at radius 1 is 1.25 bits per heavy atom. The Morgan fingerprint density at radius 2 is 2.15 bits per heavy atom. The summed E-state index contributed by atoms with van der Waals surface area (Å²) in [6, 6.07) is 13.7. The van der Waals surface area contributed by atoms with Crippen molar-refractivity contribution in [1.29, 1.82) is 0 Å². The SMILES string of the molecule is CSc1nc2ccc(N=Cc3cccc(Cl)c3)cc2s1. The molecule has 0 N–H and O–H groups in total. The third-order valence-electron chi connectivity index (χ3n) is 2.74. The van der Waals surface area contributed by atoms with E-state index in [-0.39, 0.29) is 0 Å². The third kappa shape index (κ3) is 3.03. The maximum absolute atomic E-state index is 5.95. The van der Waals surface area contributed by atoms with Gasteiger partial charge in [-0.05, 0) is 42.2 Å². The first kappa shape index (κ1) is 13.6. The molecule has 0 bridgehead atoms. The predicted molar refractivity (Wildman–Crippen MR) is 90.1 cm³/mol. The van der Waals surface area contributed by atoms with Gasteiger partial charge in [0.15, 0.2) is 4.34 Å². The van der Waals surface area contributed by atoms with E-state index in [2.05, 4.69) is 16.0 Å². The van der Waals surface area contributed by atoms with Gasteiger partial charge in [0.25, 0.3) is 0 Å². The highest BCUT2D eigenvalue weighted by Gasteiger charge is 2.03. The lowest BCUT2D eigenvalue weighted by molar-refractivity contribution is 1.31. The van der Waals surface area contributed by atoms with E-state index in [0.29, 0.717) is 0 Å². The quantitative estimate of drug-likeness (QED) is 0.475. The van der Waals surface area contributed by atoms with Crippen LogP contribution in [0.3, 0.4) is 0 Å². The molecule has 0 amide bonds. The van der Waals surface area contributed by atoms with Crippen molar-refractivity contribution in [3.8, 4) is 0 Å². The number of thioether (sulfide) groups is 1. The van der Waals surface area contributed by atoms with Crippen molar-refractivity contribution in [3.05, 3.63) is 53.1 Å². The van der Waals surface area contributed by atoms with Gasteiger partial charge in [-0.15, -0.1) is 11.3 Å². The number of halogens is 1. The maximum atomic E-state index is 5.95. The standard InChI is InChI=1S/C15H11ClN2S2/c1-19-15-18-13-6-5-12(8-14(13)20-15)17-9-10-3-2-4-11(16)7-10/h2-9H,1H3. The topological polar surface area (TPSA) is 25.2 Å². The molecular formula is C15H11ClN2S2. The molecule has 2 nitrogen and oxygen atoms in total. The molecule has 5 heteroatoms. The minimum Gasteiger partial charge on any atom is -0.256 e. The van der Waals surface area contributed by atoms with Gasteiger partial charge in [0.1, 0.15) is 0 Å². The first-order valence-electron chi connectivity index (χ1n) is 5.99. The minimum absolute atomic E-state index is 0.719. The van der Waals surface area contributed by atoms with Crippen LogP contribution >= 0.6 is 34.7 Å². The van der Waals surface area contributed by atoms with Crippen LogP contribution in [0.2, 0.25) is 5.02 Å². The van der Waals surface area contributed by atoms with Gasteiger partial charge >= 0.3 is 0 Å². The number of thiazole rings is 1. The maximum Gasteiger partial charge on any atom is 0.150 e. The fourth-order valence-corrected chi connectivity index (χ4v) is 3.52. The lowest BCUT2D eigenvalue weighted by Crippen LogP contribution is -1.79. The molecule has 0 unspecified atom stereocenters. The first-order chi connectivity index (χ1) is 9.74. The lowest BCUT2D eigenvalue weighted by atomic mass is 10.2. The molecule has 0 aliphatic carbocycles. The number of aliphatic imine (C=N–C) groups is 1. The molecule has 0 atom stereocenters. The van der Waals surface area contributed by atoms with E-state index < -0.39 is 0 Å². The zero-order valence-corrected chi connectivity index (χ0v) is 13.1. The fraction of sp³-hybridized carbons (Fsp3) is 0.0667. The second-order valence-electron chi connectivity index (χ2n) is 4.15. The van der Waals surface area contributed by atoms with E-state index >= 15 is 0 Å². The van der Waals surface area contributed by atoms with Crippen molar-refractivity contribution in [2.75, 3.05) is 6.26 Å². The van der Waals surface area contributed by atoms with E-state index in [1.807, 2.05) is 48.9 Å². The summed E-state index contributed by atoms with van der Waals surface area (Å²) in [7, 11) is 0. The molecule has 0 saturated heterocycles. The Labute approximate surface area is 130 Å². The summed E-state index contributed by atoms with van der Waals surface area (Å²) >= 11 is 9.31. The molecule has 0 aliphatic heterocycles. The van der Waals surface area contributed by atoms with Crippen LogP contribution in [-0.4, -0.2) is 17.5 Å². The summed E-state index contributed by atoms with van der Waals surface area (Å²) in [6.07, 6.45) is 3.86. The Morgan fingerprint density at radius 3 is 2.95 bits per heavy atom. The summed E-state index contributed by atoms with van der Waals surface area (Å²) in [4.78, 5) is 9.01. The number of fused-ring (bicyclic) bond motifs is 1. The smallest absolute Gasteiger partial charge is 0.150 e. The Balaban J connectivity index is 1.90. The van der Waals surface area contributed by atoms with Crippen molar-refractivity contribution in [3.63, 3.8) is 0 Å². The van der Waals surface area contributed by atoms with E-state index in [0.717, 1.165) is 30.8 Å². The van der Waals surface area contributed by atoms with Gasteiger partial charge in [-0.25, -0.2) is 4.98 Å². The Kier molecular flexibility index (Phi) is 4.05. The van der Waals surface area contributed by atoms with Crippen molar-refractivity contribution < 1.29 is 0 Å². The average molecular weight is 319 g/mol. The first-order valence-corrected chi connectivity index (χ1v) is 8.41. The van der Waals surface area contributed by atoms with E-state index in [1.165, 1.54) is 0 Å². The monoisotopic (exact) mass is 318 g/mol. The van der Waals surface area contributed by atoms with Crippen molar-refractivity contribution in [1.82, 2.24) is 4.98 Å². The molecule has 0 spiro atoms. The number of hydrogen-bond acceptors (Lipinski definition) is 4. The molecule has 1 heterocycles. The van der Waals surface area contributed by atoms with Crippen LogP contribution in [0.5, 0.6) is 0 Å². The number of hydrogen-bond donors (Lipinski definition) is 0. The van der Waals surface area contributed by atoms with E-state index in [9.17, 15) is 0 Å². The van der Waals surface area contributed by atoms with Crippen LogP contribution in [0, 0.1) is 0 Å².